The van der Waals surface area contributed by atoms with E-state index in [-0.39, 0.29) is 0 Å². The van der Waals surface area contributed by atoms with Gasteiger partial charge < -0.3 is 5.73 Å². The Hall–Kier alpha value is -2.09. The van der Waals surface area contributed by atoms with E-state index in [0.29, 0.717) is 16.9 Å². The van der Waals surface area contributed by atoms with Crippen molar-refractivity contribution < 1.29 is 4.79 Å². The van der Waals surface area contributed by atoms with E-state index in [1.807, 2.05) is 12.1 Å². The second-order valence-corrected chi connectivity index (χ2v) is 7.23. The van der Waals surface area contributed by atoms with Gasteiger partial charge in [0.2, 0.25) is 5.91 Å². The summed E-state index contributed by atoms with van der Waals surface area (Å²) in [5, 5.41) is 0. The maximum atomic E-state index is 11.1. The van der Waals surface area contributed by atoms with Gasteiger partial charge in [0, 0.05) is 5.56 Å². The predicted molar refractivity (Wildman–Crippen MR) is 92.9 cm³/mol. The van der Waals surface area contributed by atoms with Crippen molar-refractivity contribution in [2.45, 2.75) is 40.0 Å². The summed E-state index contributed by atoms with van der Waals surface area (Å²) in [6.07, 6.45) is 1.17. The molecule has 0 spiro atoms. The van der Waals surface area contributed by atoms with Crippen molar-refractivity contribution in [2.75, 3.05) is 0 Å². The minimum Gasteiger partial charge on any atom is -0.366 e. The average molecular weight is 295 g/mol. The Morgan fingerprint density at radius 2 is 1.41 bits per heavy atom. The third-order valence-electron chi connectivity index (χ3n) is 3.90. The molecule has 2 aromatic rings. The molecule has 2 N–H and O–H groups in total. The van der Waals surface area contributed by atoms with E-state index in [0.717, 1.165) is 11.1 Å². The number of rotatable bonds is 4. The van der Waals surface area contributed by atoms with E-state index in [1.54, 1.807) is 12.1 Å². The van der Waals surface area contributed by atoms with Crippen LogP contribution in [0.1, 0.15) is 56.0 Å². The number of carbonyl (C=O) groups excluding carboxylic acids is 1. The van der Waals surface area contributed by atoms with Gasteiger partial charge in [0.25, 0.3) is 0 Å². The van der Waals surface area contributed by atoms with Gasteiger partial charge in [-0.2, -0.15) is 0 Å². The Bertz CT molecular complexity index is 633. The molecule has 1 unspecified atom stereocenters. The Morgan fingerprint density at radius 1 is 0.955 bits per heavy atom. The molecule has 0 saturated carbocycles. The second kappa shape index (κ2) is 6.35. The maximum absolute atomic E-state index is 11.1. The van der Waals surface area contributed by atoms with E-state index >= 15 is 0 Å². The zero-order valence-corrected chi connectivity index (χ0v) is 13.9. The average Bonchev–Trinajstić information content (AvgIpc) is 2.46. The highest BCUT2D eigenvalue weighted by Crippen LogP contribution is 2.31. The minimum absolute atomic E-state index is 0.336. The molecule has 0 saturated heterocycles. The molecule has 0 aliphatic carbocycles. The Labute approximate surface area is 133 Å². The molecule has 0 aliphatic heterocycles. The summed E-state index contributed by atoms with van der Waals surface area (Å²) in [6.45, 7) is 9.11. The molecule has 2 nitrogen and oxygen atoms in total. The van der Waals surface area contributed by atoms with Crippen LogP contribution >= 0.6 is 0 Å². The normalized spacial score (nSPS) is 12.9. The summed E-state index contributed by atoms with van der Waals surface area (Å²) in [6, 6.07) is 16.1. The minimum atomic E-state index is -0.391. The Kier molecular flexibility index (Phi) is 4.70. The molecular weight excluding hydrogens is 270 g/mol. The van der Waals surface area contributed by atoms with Gasteiger partial charge >= 0.3 is 0 Å². The van der Waals surface area contributed by atoms with Gasteiger partial charge in [-0.25, -0.2) is 0 Å². The summed E-state index contributed by atoms with van der Waals surface area (Å²) in [4.78, 5) is 11.1. The summed E-state index contributed by atoms with van der Waals surface area (Å²) < 4.78 is 0. The summed E-state index contributed by atoms with van der Waals surface area (Å²) in [7, 11) is 0. The molecule has 1 atom stereocenters. The molecule has 0 bridgehead atoms. The largest absolute Gasteiger partial charge is 0.366 e. The highest BCUT2D eigenvalue weighted by molar-refractivity contribution is 5.93. The number of carbonyl (C=O) groups is 1. The molecule has 2 rings (SSSR count). The second-order valence-electron chi connectivity index (χ2n) is 7.23. The number of hydrogen-bond donors (Lipinski definition) is 1. The van der Waals surface area contributed by atoms with Gasteiger partial charge in [-0.15, -0.1) is 0 Å². The lowest BCUT2D eigenvalue weighted by Crippen LogP contribution is -2.10. The maximum Gasteiger partial charge on any atom is 0.248 e. The fourth-order valence-corrected chi connectivity index (χ4v) is 2.87. The number of hydrogen-bond acceptors (Lipinski definition) is 1. The van der Waals surface area contributed by atoms with E-state index in [2.05, 4.69) is 52.0 Å². The van der Waals surface area contributed by atoms with Gasteiger partial charge in [0.1, 0.15) is 0 Å². The number of primary amides is 1. The standard InChI is InChI=1S/C20H25NO/c1-14(13-20(2,3)4)15-5-7-16(8-6-15)17-9-11-18(12-10-17)19(21)22/h5-12,14H,13H2,1-4H3,(H2,21,22). The molecule has 0 heterocycles. The van der Waals surface area contributed by atoms with Crippen molar-refractivity contribution in [3.05, 3.63) is 59.7 Å². The molecule has 22 heavy (non-hydrogen) atoms. The van der Waals surface area contributed by atoms with Crippen LogP contribution < -0.4 is 5.73 Å². The Morgan fingerprint density at radius 3 is 1.82 bits per heavy atom. The molecule has 0 aliphatic rings. The lowest BCUT2D eigenvalue weighted by atomic mass is 9.82. The number of benzene rings is 2. The topological polar surface area (TPSA) is 43.1 Å². The molecular formula is C20H25NO. The predicted octanol–water partition coefficient (Wildman–Crippen LogP) is 4.99. The van der Waals surface area contributed by atoms with Gasteiger partial charge in [-0.3, -0.25) is 4.79 Å². The van der Waals surface area contributed by atoms with Crippen molar-refractivity contribution in [2.24, 2.45) is 11.1 Å². The van der Waals surface area contributed by atoms with Crippen molar-refractivity contribution in [3.8, 4) is 11.1 Å². The van der Waals surface area contributed by atoms with Crippen LogP contribution in [0.25, 0.3) is 11.1 Å². The first-order chi connectivity index (χ1) is 10.3. The van der Waals surface area contributed by atoms with Crippen molar-refractivity contribution in [1.29, 1.82) is 0 Å². The first-order valence-electron chi connectivity index (χ1n) is 7.76. The lowest BCUT2D eigenvalue weighted by molar-refractivity contribution is 0.100. The number of nitrogens with two attached hydrogens (primary N) is 1. The molecule has 2 heteroatoms. The van der Waals surface area contributed by atoms with Crippen LogP contribution in [-0.2, 0) is 0 Å². The van der Waals surface area contributed by atoms with Crippen LogP contribution in [0.4, 0.5) is 0 Å². The summed E-state index contributed by atoms with van der Waals surface area (Å²) >= 11 is 0. The number of amides is 1. The lowest BCUT2D eigenvalue weighted by Gasteiger charge is -2.23. The fraction of sp³-hybridized carbons (Fsp3) is 0.350. The molecule has 2 aromatic carbocycles. The first kappa shape index (κ1) is 16.3. The van der Waals surface area contributed by atoms with Crippen molar-refractivity contribution in [3.63, 3.8) is 0 Å². The quantitative estimate of drug-likeness (QED) is 0.848. The molecule has 0 aromatic heterocycles. The van der Waals surface area contributed by atoms with E-state index < -0.39 is 5.91 Å². The highest BCUT2D eigenvalue weighted by atomic mass is 16.1. The molecule has 116 valence electrons. The summed E-state index contributed by atoms with van der Waals surface area (Å²) in [5.74, 6) is 0.157. The van der Waals surface area contributed by atoms with Gasteiger partial charge in [-0.1, -0.05) is 64.1 Å². The first-order valence-corrected chi connectivity index (χ1v) is 7.76. The fourth-order valence-electron chi connectivity index (χ4n) is 2.87. The van der Waals surface area contributed by atoms with E-state index in [1.165, 1.54) is 12.0 Å². The third-order valence-corrected chi connectivity index (χ3v) is 3.90. The molecule has 0 radical (unpaired) electrons. The van der Waals surface area contributed by atoms with Crippen molar-refractivity contribution >= 4 is 5.91 Å². The zero-order valence-electron chi connectivity index (χ0n) is 13.9. The van der Waals surface area contributed by atoms with Crippen LogP contribution in [-0.4, -0.2) is 5.91 Å². The smallest absolute Gasteiger partial charge is 0.248 e. The molecule has 1 amide bonds. The molecule has 0 fully saturated rings. The van der Waals surface area contributed by atoms with Crippen LogP contribution in [0.2, 0.25) is 0 Å². The van der Waals surface area contributed by atoms with Crippen LogP contribution in [0.15, 0.2) is 48.5 Å². The van der Waals surface area contributed by atoms with Crippen LogP contribution in [0, 0.1) is 5.41 Å². The third kappa shape index (κ3) is 4.20. The summed E-state index contributed by atoms with van der Waals surface area (Å²) in [5.41, 5.74) is 9.76. The Balaban J connectivity index is 2.16. The van der Waals surface area contributed by atoms with Crippen LogP contribution in [0.5, 0.6) is 0 Å². The van der Waals surface area contributed by atoms with Crippen LogP contribution in [0.3, 0.4) is 0 Å². The zero-order chi connectivity index (χ0) is 16.3. The van der Waals surface area contributed by atoms with Gasteiger partial charge in [0.05, 0.1) is 0 Å². The van der Waals surface area contributed by atoms with Crippen molar-refractivity contribution in [1.82, 2.24) is 0 Å². The monoisotopic (exact) mass is 295 g/mol. The van der Waals surface area contributed by atoms with E-state index in [4.69, 9.17) is 5.73 Å². The highest BCUT2D eigenvalue weighted by Gasteiger charge is 2.16. The van der Waals surface area contributed by atoms with E-state index in [9.17, 15) is 4.79 Å². The SMILES string of the molecule is CC(CC(C)(C)C)c1ccc(-c2ccc(C(N)=O)cc2)cc1. The van der Waals surface area contributed by atoms with Gasteiger partial charge in [0.15, 0.2) is 0 Å². The van der Waals surface area contributed by atoms with Gasteiger partial charge in [-0.05, 0) is 46.6 Å².